The van der Waals surface area contributed by atoms with Crippen molar-refractivity contribution in [3.8, 4) is 0 Å². The number of rotatable bonds is 1. The average Bonchev–Trinajstić information content (AvgIpc) is 1.41. The van der Waals surface area contributed by atoms with Gasteiger partial charge in [0.2, 0.25) is 0 Å². The van der Waals surface area contributed by atoms with Crippen molar-refractivity contribution in [3.05, 3.63) is 0 Å². The van der Waals surface area contributed by atoms with Gasteiger partial charge < -0.3 is 0 Å². The first-order valence-corrected chi connectivity index (χ1v) is 2.61. The highest BCUT2D eigenvalue weighted by Crippen LogP contribution is 1.87. The van der Waals surface area contributed by atoms with Gasteiger partial charge >= 0.3 is 0 Å². The summed E-state index contributed by atoms with van der Waals surface area (Å²) >= 11 is 1.47. The molecule has 0 aromatic carbocycles. The van der Waals surface area contributed by atoms with Crippen LogP contribution in [-0.4, -0.2) is 12.5 Å². The molecule has 0 fully saturated rings. The van der Waals surface area contributed by atoms with Crippen LogP contribution in [0.3, 0.4) is 0 Å². The molecule has 0 bridgehead atoms. The van der Waals surface area contributed by atoms with Crippen molar-refractivity contribution in [1.82, 2.24) is 0 Å². The maximum Gasteiger partial charge on any atom is 0.00946 e. The number of hydrogen-bond donors (Lipinski definition) is 0. The molecular weight excluding hydrogens is 82.1 g/mol. The lowest BCUT2D eigenvalue weighted by Crippen LogP contribution is -1.46. The summed E-state index contributed by atoms with van der Waals surface area (Å²) in [5, 5.41) is 0. The number of nitrogens with zero attached hydrogens (tertiary/aromatic N) is 1. The Morgan fingerprint density at radius 3 is 2.40 bits per heavy atom. The molecular formula is C3H7NS. The fourth-order valence-electron chi connectivity index (χ4n) is 0.105. The molecule has 0 saturated heterocycles. The first kappa shape index (κ1) is 5.02. The molecule has 0 spiro atoms. The summed E-state index contributed by atoms with van der Waals surface area (Å²) in [5.41, 5.74) is 0. The normalized spacial score (nSPS) is 10.0. The van der Waals surface area contributed by atoms with E-state index in [4.69, 9.17) is 0 Å². The van der Waals surface area contributed by atoms with Gasteiger partial charge in [0.05, 0.1) is 0 Å². The van der Waals surface area contributed by atoms with Crippen LogP contribution in [0.5, 0.6) is 0 Å². The maximum atomic E-state index is 3.76. The highest BCUT2D eigenvalue weighted by Gasteiger charge is 1.51. The van der Waals surface area contributed by atoms with Crippen molar-refractivity contribution in [2.75, 3.05) is 6.26 Å². The summed E-state index contributed by atoms with van der Waals surface area (Å²) in [6.45, 7) is 1.90. The van der Waals surface area contributed by atoms with Gasteiger partial charge in [-0.05, 0) is 18.9 Å². The molecule has 0 aromatic heterocycles. The fourth-order valence-corrected chi connectivity index (χ4v) is 0.316. The van der Waals surface area contributed by atoms with E-state index in [-0.39, 0.29) is 0 Å². The topological polar surface area (TPSA) is 12.4 Å². The zero-order valence-electron chi connectivity index (χ0n) is 3.43. The average molecular weight is 89.2 g/mol. The second-order valence-electron chi connectivity index (χ2n) is 0.546. The van der Waals surface area contributed by atoms with Crippen molar-refractivity contribution in [2.24, 2.45) is 4.40 Å². The minimum atomic E-state index is 1.47. The summed E-state index contributed by atoms with van der Waals surface area (Å²) in [5.74, 6) is 0. The Labute approximate surface area is 36.6 Å². The Morgan fingerprint density at radius 2 is 2.40 bits per heavy atom. The monoisotopic (exact) mass is 89.0 g/mol. The second-order valence-corrected chi connectivity index (χ2v) is 1.12. The molecule has 0 saturated carbocycles. The van der Waals surface area contributed by atoms with Crippen LogP contribution in [0.1, 0.15) is 6.92 Å². The molecule has 0 atom stereocenters. The van der Waals surface area contributed by atoms with E-state index in [2.05, 4.69) is 4.40 Å². The third-order valence-electron chi connectivity index (χ3n) is 0.211. The zero-order chi connectivity index (χ0) is 4.12. The van der Waals surface area contributed by atoms with E-state index < -0.39 is 0 Å². The summed E-state index contributed by atoms with van der Waals surface area (Å²) in [6, 6.07) is 0. The summed E-state index contributed by atoms with van der Waals surface area (Å²) in [4.78, 5) is 0. The molecule has 30 valence electrons. The molecule has 0 N–H and O–H groups in total. The van der Waals surface area contributed by atoms with Gasteiger partial charge in [0.15, 0.2) is 0 Å². The molecule has 2 heteroatoms. The first-order valence-electron chi connectivity index (χ1n) is 1.43. The molecule has 0 rings (SSSR count). The highest BCUT2D eigenvalue weighted by atomic mass is 32.2. The smallest absolute Gasteiger partial charge is 0.00946 e. The highest BCUT2D eigenvalue weighted by molar-refractivity contribution is 7.97. The van der Waals surface area contributed by atoms with Crippen LogP contribution in [0.2, 0.25) is 0 Å². The van der Waals surface area contributed by atoms with Crippen molar-refractivity contribution in [2.45, 2.75) is 6.92 Å². The minimum Gasteiger partial charge on any atom is -0.230 e. The van der Waals surface area contributed by atoms with Crippen molar-refractivity contribution in [3.63, 3.8) is 0 Å². The minimum absolute atomic E-state index is 1.47. The van der Waals surface area contributed by atoms with E-state index in [1.54, 1.807) is 6.21 Å². The van der Waals surface area contributed by atoms with Crippen LogP contribution < -0.4 is 0 Å². The van der Waals surface area contributed by atoms with Crippen LogP contribution in [0.25, 0.3) is 0 Å². The van der Waals surface area contributed by atoms with Crippen molar-refractivity contribution in [1.29, 1.82) is 0 Å². The predicted molar refractivity (Wildman–Crippen MR) is 27.7 cm³/mol. The Morgan fingerprint density at radius 1 is 1.80 bits per heavy atom. The molecule has 0 aliphatic carbocycles. The molecule has 0 amide bonds. The lowest BCUT2D eigenvalue weighted by molar-refractivity contribution is 1.88. The molecule has 0 aromatic rings. The van der Waals surface area contributed by atoms with E-state index in [0.29, 0.717) is 0 Å². The molecule has 0 aliphatic heterocycles. The second kappa shape index (κ2) is 4.02. The van der Waals surface area contributed by atoms with E-state index in [1.807, 2.05) is 13.2 Å². The van der Waals surface area contributed by atoms with E-state index >= 15 is 0 Å². The van der Waals surface area contributed by atoms with Gasteiger partial charge in [0.1, 0.15) is 0 Å². The Balaban J connectivity index is 2.62. The van der Waals surface area contributed by atoms with Crippen molar-refractivity contribution < 1.29 is 0 Å². The molecule has 0 radical (unpaired) electrons. The molecule has 0 aliphatic rings. The zero-order valence-corrected chi connectivity index (χ0v) is 4.25. The Hall–Kier alpha value is 0.0200. The molecule has 0 heterocycles. The van der Waals surface area contributed by atoms with Gasteiger partial charge in [-0.3, -0.25) is 0 Å². The largest absolute Gasteiger partial charge is 0.230 e. The van der Waals surface area contributed by atoms with Gasteiger partial charge in [-0.25, -0.2) is 4.40 Å². The molecule has 1 nitrogen and oxygen atoms in total. The third-order valence-corrected chi connectivity index (χ3v) is 0.632. The number of hydrogen-bond acceptors (Lipinski definition) is 2. The van der Waals surface area contributed by atoms with Gasteiger partial charge in [-0.2, -0.15) is 0 Å². The van der Waals surface area contributed by atoms with Gasteiger partial charge in [0, 0.05) is 12.5 Å². The van der Waals surface area contributed by atoms with Crippen LogP contribution in [-0.2, 0) is 0 Å². The van der Waals surface area contributed by atoms with E-state index in [0.717, 1.165) is 0 Å². The van der Waals surface area contributed by atoms with Gasteiger partial charge in [-0.15, -0.1) is 0 Å². The molecule has 5 heavy (non-hydrogen) atoms. The predicted octanol–water partition coefficient (Wildman–Crippen LogP) is 1.36. The Kier molecular flexibility index (Phi) is 4.04. The lowest BCUT2D eigenvalue weighted by Gasteiger charge is -1.66. The van der Waals surface area contributed by atoms with Gasteiger partial charge in [0.25, 0.3) is 0 Å². The maximum absolute atomic E-state index is 3.76. The summed E-state index contributed by atoms with van der Waals surface area (Å²) in [7, 11) is 0. The fraction of sp³-hybridized carbons (Fsp3) is 0.667. The van der Waals surface area contributed by atoms with Gasteiger partial charge in [-0.1, -0.05) is 0 Å². The Bertz CT molecular complexity index is 33.9. The molecule has 0 unspecified atom stereocenters. The lowest BCUT2D eigenvalue weighted by atomic mass is 10.9. The SMILES string of the molecule is C/C=N\SC. The van der Waals surface area contributed by atoms with E-state index in [9.17, 15) is 0 Å². The first-order chi connectivity index (χ1) is 2.41. The van der Waals surface area contributed by atoms with Crippen LogP contribution in [0, 0.1) is 0 Å². The van der Waals surface area contributed by atoms with Crippen molar-refractivity contribution >= 4 is 18.2 Å². The van der Waals surface area contributed by atoms with E-state index in [1.165, 1.54) is 11.9 Å². The summed E-state index contributed by atoms with van der Waals surface area (Å²) in [6.07, 6.45) is 3.70. The van der Waals surface area contributed by atoms with Crippen LogP contribution in [0.4, 0.5) is 0 Å². The summed E-state index contributed by atoms with van der Waals surface area (Å²) < 4.78 is 3.76. The quantitative estimate of drug-likeness (QED) is 0.349. The van der Waals surface area contributed by atoms with Crippen LogP contribution >= 0.6 is 11.9 Å². The third kappa shape index (κ3) is 4.02. The van der Waals surface area contributed by atoms with Crippen LogP contribution in [0.15, 0.2) is 4.40 Å². The standard InChI is InChI=1S/C3H7NS/c1-3-4-5-2/h3H,1-2H3/b4-3-.